The third-order valence-corrected chi connectivity index (χ3v) is 9.33. The van der Waals surface area contributed by atoms with Gasteiger partial charge in [0.25, 0.3) is 0 Å². The number of amidine groups is 1. The second-order valence-electron chi connectivity index (χ2n) is 11.9. The Morgan fingerprint density at radius 2 is 1.95 bits per heavy atom. The number of aliphatic imine (C=N–C) groups is 1. The molecule has 1 saturated carbocycles. The number of hydrogen-bond donors (Lipinski definition) is 3. The van der Waals surface area contributed by atoms with Crippen molar-refractivity contribution < 1.29 is 19.4 Å². The van der Waals surface area contributed by atoms with Gasteiger partial charge in [0.15, 0.2) is 0 Å². The number of phenolic OH excluding ortho intramolecular Hbond substituents is 1. The summed E-state index contributed by atoms with van der Waals surface area (Å²) >= 11 is 0. The van der Waals surface area contributed by atoms with E-state index in [2.05, 4.69) is 22.0 Å². The molecule has 0 spiro atoms. The van der Waals surface area contributed by atoms with Crippen LogP contribution in [0.5, 0.6) is 17.2 Å². The van der Waals surface area contributed by atoms with Gasteiger partial charge in [-0.05, 0) is 72.2 Å². The average Bonchev–Trinajstić information content (AvgIpc) is 3.62. The summed E-state index contributed by atoms with van der Waals surface area (Å²) in [6.45, 7) is 2.67. The minimum atomic E-state index is -0.424. The van der Waals surface area contributed by atoms with Gasteiger partial charge in [-0.3, -0.25) is 9.79 Å². The van der Waals surface area contributed by atoms with Gasteiger partial charge in [-0.25, -0.2) is 0 Å². The third-order valence-electron chi connectivity index (χ3n) is 9.33. The number of carbonyl (C=O) groups is 1. The zero-order chi connectivity index (χ0) is 29.5. The lowest BCUT2D eigenvalue weighted by Gasteiger charge is -2.27. The molecule has 8 nitrogen and oxygen atoms in total. The molecule has 0 saturated heterocycles. The Morgan fingerprint density at radius 3 is 2.67 bits per heavy atom. The fraction of sp³-hybridized carbons (Fsp3) is 0.371. The molecule has 8 heteroatoms. The van der Waals surface area contributed by atoms with Crippen molar-refractivity contribution >= 4 is 22.6 Å². The highest BCUT2D eigenvalue weighted by molar-refractivity contribution is 6.02. The van der Waals surface area contributed by atoms with E-state index in [0.717, 1.165) is 65.5 Å². The first kappa shape index (κ1) is 27.4. The molecule has 3 heterocycles. The number of methoxy groups -OCH3 is 1. The molecule has 3 aliphatic rings. The molecule has 1 aromatic heterocycles. The van der Waals surface area contributed by atoms with Crippen LogP contribution in [0.25, 0.3) is 22.2 Å². The van der Waals surface area contributed by atoms with Crippen molar-refractivity contribution in [1.29, 1.82) is 0 Å². The number of primary amides is 1. The number of nitrogens with zero attached hydrogens (tertiary/aromatic N) is 2. The van der Waals surface area contributed by atoms with Gasteiger partial charge in [0.05, 0.1) is 25.9 Å². The monoisotopic (exact) mass is 578 g/mol. The van der Waals surface area contributed by atoms with E-state index in [1.807, 2.05) is 30.3 Å². The van der Waals surface area contributed by atoms with Crippen LogP contribution >= 0.6 is 0 Å². The van der Waals surface area contributed by atoms with Crippen LogP contribution in [0.3, 0.4) is 0 Å². The number of benzene rings is 3. The standard InChI is InChI=1S/C35H38N4O4/c1-42-25-19-27(28(35-37-13-14-38-35)17-21-7-10-24(40)11-8-21)32-30(20-25)43-16-15-39-29-18-23(34(36)41)9-12-26(29)31(33(32)39)22-5-3-2-4-6-22/h7-12,18-20,22,28,40H,2-6,13-17H2,1H3,(H2,36,41)(H,37,38)/t28-/m0/s1. The number of aromatic hydroxyl groups is 1. The number of nitrogens with one attached hydrogen (secondary N) is 1. The molecule has 0 bridgehead atoms. The lowest BCUT2D eigenvalue weighted by Crippen LogP contribution is -2.27. The van der Waals surface area contributed by atoms with Crippen molar-refractivity contribution in [3.8, 4) is 28.5 Å². The Hall–Kier alpha value is -4.46. The first-order chi connectivity index (χ1) is 21.0. The number of fused-ring (bicyclic) bond motifs is 5. The van der Waals surface area contributed by atoms with Crippen molar-refractivity contribution in [2.45, 2.75) is 56.9 Å². The molecule has 3 aromatic carbocycles. The Bertz CT molecular complexity index is 1720. The number of hydrogen-bond acceptors (Lipinski definition) is 6. The molecule has 1 atom stereocenters. The predicted octanol–water partition coefficient (Wildman–Crippen LogP) is 5.89. The largest absolute Gasteiger partial charge is 0.508 e. The Labute approximate surface area is 251 Å². The summed E-state index contributed by atoms with van der Waals surface area (Å²) in [6, 6.07) is 17.5. The first-order valence-corrected chi connectivity index (χ1v) is 15.4. The molecule has 7 rings (SSSR count). The normalized spacial score (nSPS) is 17.3. The molecule has 4 N–H and O–H groups in total. The number of carbonyl (C=O) groups excluding carboxylic acids is 1. The molecule has 43 heavy (non-hydrogen) atoms. The zero-order valence-electron chi connectivity index (χ0n) is 24.6. The van der Waals surface area contributed by atoms with E-state index < -0.39 is 5.91 Å². The second kappa shape index (κ2) is 11.3. The van der Waals surface area contributed by atoms with E-state index in [4.69, 9.17) is 20.2 Å². The second-order valence-corrected chi connectivity index (χ2v) is 11.9. The van der Waals surface area contributed by atoms with E-state index in [0.29, 0.717) is 31.1 Å². The maximum atomic E-state index is 12.3. The molecule has 1 aliphatic carbocycles. The van der Waals surface area contributed by atoms with Crippen LogP contribution < -0.4 is 20.5 Å². The van der Waals surface area contributed by atoms with Crippen LogP contribution in [0, 0.1) is 0 Å². The molecule has 222 valence electrons. The molecule has 0 radical (unpaired) electrons. The summed E-state index contributed by atoms with van der Waals surface area (Å²) in [5.74, 6) is 2.63. The molecule has 2 aliphatic heterocycles. The zero-order valence-corrected chi connectivity index (χ0v) is 24.6. The number of phenols is 1. The smallest absolute Gasteiger partial charge is 0.248 e. The third kappa shape index (κ3) is 4.98. The van der Waals surface area contributed by atoms with E-state index in [1.54, 1.807) is 19.2 Å². The van der Waals surface area contributed by atoms with Crippen molar-refractivity contribution in [1.82, 2.24) is 9.88 Å². The summed E-state index contributed by atoms with van der Waals surface area (Å²) in [7, 11) is 1.69. The highest BCUT2D eigenvalue weighted by atomic mass is 16.5. The first-order valence-electron chi connectivity index (χ1n) is 15.4. The lowest BCUT2D eigenvalue weighted by atomic mass is 9.79. The maximum Gasteiger partial charge on any atom is 0.248 e. The van der Waals surface area contributed by atoms with Gasteiger partial charge in [0.2, 0.25) is 5.91 Å². The highest BCUT2D eigenvalue weighted by Crippen LogP contribution is 2.51. The summed E-state index contributed by atoms with van der Waals surface area (Å²) in [5.41, 5.74) is 13.1. The Morgan fingerprint density at radius 1 is 1.14 bits per heavy atom. The van der Waals surface area contributed by atoms with E-state index in [9.17, 15) is 9.90 Å². The van der Waals surface area contributed by atoms with Gasteiger partial charge >= 0.3 is 0 Å². The molecular formula is C35H38N4O4. The van der Waals surface area contributed by atoms with Crippen molar-refractivity contribution in [2.75, 3.05) is 26.8 Å². The minimum Gasteiger partial charge on any atom is -0.508 e. The molecule has 1 amide bonds. The van der Waals surface area contributed by atoms with Gasteiger partial charge in [-0.1, -0.05) is 37.5 Å². The fourth-order valence-corrected chi connectivity index (χ4v) is 7.32. The van der Waals surface area contributed by atoms with E-state index >= 15 is 0 Å². The number of rotatable bonds is 7. The lowest BCUT2D eigenvalue weighted by molar-refractivity contribution is 0.100. The molecule has 4 aromatic rings. The van der Waals surface area contributed by atoms with Crippen LogP contribution in [-0.4, -0.2) is 48.2 Å². The Balaban J connectivity index is 1.52. The summed E-state index contributed by atoms with van der Waals surface area (Å²) < 4.78 is 14.7. The minimum absolute atomic E-state index is 0.0931. The van der Waals surface area contributed by atoms with Crippen molar-refractivity contribution in [2.24, 2.45) is 10.7 Å². The van der Waals surface area contributed by atoms with Gasteiger partial charge in [-0.2, -0.15) is 0 Å². The number of amides is 1. The van der Waals surface area contributed by atoms with Gasteiger partial charge in [0, 0.05) is 40.6 Å². The van der Waals surface area contributed by atoms with E-state index in [1.165, 1.54) is 35.9 Å². The van der Waals surface area contributed by atoms with Crippen LogP contribution in [0.1, 0.15) is 71.0 Å². The quantitative estimate of drug-likeness (QED) is 0.253. The molecule has 0 unspecified atom stereocenters. The van der Waals surface area contributed by atoms with Crippen LogP contribution in [0.4, 0.5) is 0 Å². The van der Waals surface area contributed by atoms with Crippen molar-refractivity contribution in [3.63, 3.8) is 0 Å². The SMILES string of the molecule is COc1cc2c(c([C@H](Cc3ccc(O)cc3)C3=NCCN3)c1)-c1c(C3CCCCC3)c3ccc(C(N)=O)cc3n1CCO2. The van der Waals surface area contributed by atoms with Crippen LogP contribution in [0.15, 0.2) is 59.6 Å². The summed E-state index contributed by atoms with van der Waals surface area (Å²) in [6.07, 6.45) is 6.64. The van der Waals surface area contributed by atoms with Gasteiger partial charge < -0.3 is 30.2 Å². The van der Waals surface area contributed by atoms with E-state index in [-0.39, 0.29) is 11.7 Å². The van der Waals surface area contributed by atoms with Crippen LogP contribution in [-0.2, 0) is 13.0 Å². The van der Waals surface area contributed by atoms with Crippen molar-refractivity contribution in [3.05, 3.63) is 76.9 Å². The summed E-state index contributed by atoms with van der Waals surface area (Å²) in [4.78, 5) is 17.2. The highest BCUT2D eigenvalue weighted by Gasteiger charge is 2.34. The molecular weight excluding hydrogens is 540 g/mol. The molecule has 1 fully saturated rings. The predicted molar refractivity (Wildman–Crippen MR) is 169 cm³/mol. The fourth-order valence-electron chi connectivity index (χ4n) is 7.32. The number of aromatic nitrogens is 1. The summed E-state index contributed by atoms with van der Waals surface area (Å²) in [5, 5.41) is 14.7. The van der Waals surface area contributed by atoms with Crippen LogP contribution in [0.2, 0.25) is 0 Å². The van der Waals surface area contributed by atoms with Gasteiger partial charge in [0.1, 0.15) is 29.7 Å². The maximum absolute atomic E-state index is 12.3. The average molecular weight is 579 g/mol. The number of nitrogens with two attached hydrogens (primary N) is 1. The number of ether oxygens (including phenoxy) is 2. The topological polar surface area (TPSA) is 111 Å². The van der Waals surface area contributed by atoms with Gasteiger partial charge in [-0.15, -0.1) is 0 Å². The Kier molecular flexibility index (Phi) is 7.21.